The van der Waals surface area contributed by atoms with Crippen LogP contribution in [0.3, 0.4) is 0 Å². The molecule has 5 nitrogen and oxygen atoms in total. The molecule has 0 aliphatic carbocycles. The van der Waals surface area contributed by atoms with Crippen molar-refractivity contribution in [3.8, 4) is 17.1 Å². The maximum Gasteiger partial charge on any atom is 0.276 e. The van der Waals surface area contributed by atoms with Crippen molar-refractivity contribution in [1.29, 1.82) is 0 Å². The maximum absolute atomic E-state index is 12.9. The number of ether oxygens (including phenoxy) is 1. The molecule has 2 aromatic carbocycles. The molecule has 6 heteroatoms. The molecule has 26 heavy (non-hydrogen) atoms. The molecule has 0 unspecified atom stereocenters. The van der Waals surface area contributed by atoms with Crippen LogP contribution in [0.25, 0.3) is 22.4 Å². The zero-order chi connectivity index (χ0) is 18.1. The minimum atomic E-state index is -0.0977. The Labute approximate surface area is 154 Å². The van der Waals surface area contributed by atoms with E-state index in [0.29, 0.717) is 21.9 Å². The van der Waals surface area contributed by atoms with Gasteiger partial charge in [0.05, 0.1) is 11.1 Å². The smallest absolute Gasteiger partial charge is 0.276 e. The molecule has 0 N–H and O–H groups in total. The molecular formula is C20H17N3O2S. The minimum Gasteiger partial charge on any atom is -0.494 e. The Morgan fingerprint density at radius 3 is 2.50 bits per heavy atom. The molecule has 2 aromatic heterocycles. The normalized spacial score (nSPS) is 12.0. The Morgan fingerprint density at radius 1 is 1.08 bits per heavy atom. The van der Waals surface area contributed by atoms with Crippen LogP contribution in [0.1, 0.15) is 18.1 Å². The first-order valence-corrected chi connectivity index (χ1v) is 9.17. The van der Waals surface area contributed by atoms with E-state index in [9.17, 15) is 4.79 Å². The molecule has 0 saturated heterocycles. The average molecular weight is 363 g/mol. The highest BCUT2D eigenvalue weighted by atomic mass is 32.1. The van der Waals surface area contributed by atoms with Gasteiger partial charge in [-0.2, -0.15) is 0 Å². The van der Waals surface area contributed by atoms with Crippen LogP contribution in [0.4, 0.5) is 0 Å². The standard InChI is InChI=1S/C20H17N3O2S/c1-3-25-16-10-6-14(7-11-16)12-17-19(24)23-18(21-22-20(23)26-17)15-8-4-13(2)5-9-15/h4-12H,3H2,1-2H3/b17-12-. The fraction of sp³-hybridized carbons (Fsp3) is 0.150. The van der Waals surface area contributed by atoms with Crippen LogP contribution in [-0.2, 0) is 0 Å². The number of rotatable bonds is 4. The van der Waals surface area contributed by atoms with Crippen LogP contribution < -0.4 is 14.8 Å². The summed E-state index contributed by atoms with van der Waals surface area (Å²) < 4.78 is 7.66. The summed E-state index contributed by atoms with van der Waals surface area (Å²) in [5.41, 5.74) is 2.89. The van der Waals surface area contributed by atoms with E-state index in [4.69, 9.17) is 4.74 Å². The Hall–Kier alpha value is -2.99. The van der Waals surface area contributed by atoms with E-state index >= 15 is 0 Å². The van der Waals surface area contributed by atoms with E-state index < -0.39 is 0 Å². The zero-order valence-electron chi connectivity index (χ0n) is 14.5. The van der Waals surface area contributed by atoms with Crippen molar-refractivity contribution >= 4 is 22.4 Å². The van der Waals surface area contributed by atoms with Crippen LogP contribution in [0.5, 0.6) is 5.75 Å². The number of hydrogen-bond donors (Lipinski definition) is 0. The summed E-state index contributed by atoms with van der Waals surface area (Å²) in [5, 5.41) is 8.36. The van der Waals surface area contributed by atoms with Crippen LogP contribution in [0, 0.1) is 6.92 Å². The lowest BCUT2D eigenvalue weighted by atomic mass is 10.1. The summed E-state index contributed by atoms with van der Waals surface area (Å²) in [6.07, 6.45) is 1.87. The molecule has 0 spiro atoms. The number of thiazole rings is 1. The topological polar surface area (TPSA) is 56.5 Å². The van der Waals surface area contributed by atoms with E-state index in [0.717, 1.165) is 22.4 Å². The van der Waals surface area contributed by atoms with Crippen molar-refractivity contribution in [3.05, 3.63) is 74.5 Å². The second-order valence-corrected chi connectivity index (χ2v) is 6.93. The average Bonchev–Trinajstić information content (AvgIpc) is 3.19. The van der Waals surface area contributed by atoms with Gasteiger partial charge in [0.25, 0.3) is 5.56 Å². The minimum absolute atomic E-state index is 0.0977. The van der Waals surface area contributed by atoms with Crippen molar-refractivity contribution in [1.82, 2.24) is 14.6 Å². The molecule has 0 radical (unpaired) electrons. The number of nitrogens with zero attached hydrogens (tertiary/aromatic N) is 3. The molecule has 130 valence electrons. The molecule has 4 rings (SSSR count). The summed E-state index contributed by atoms with van der Waals surface area (Å²) in [5.74, 6) is 1.39. The molecular weight excluding hydrogens is 346 g/mol. The SMILES string of the molecule is CCOc1ccc(/C=c2\sc3nnc(-c4ccc(C)cc4)n3c2=O)cc1. The quantitative estimate of drug-likeness (QED) is 0.559. The lowest BCUT2D eigenvalue weighted by Gasteiger charge is -2.01. The lowest BCUT2D eigenvalue weighted by molar-refractivity contribution is 0.340. The highest BCUT2D eigenvalue weighted by molar-refractivity contribution is 7.15. The van der Waals surface area contributed by atoms with E-state index in [1.165, 1.54) is 11.3 Å². The molecule has 0 amide bonds. The molecule has 0 bridgehead atoms. The molecule has 0 fully saturated rings. The van der Waals surface area contributed by atoms with Gasteiger partial charge in [-0.1, -0.05) is 53.3 Å². The lowest BCUT2D eigenvalue weighted by Crippen LogP contribution is -2.23. The third kappa shape index (κ3) is 2.99. The summed E-state index contributed by atoms with van der Waals surface area (Å²) >= 11 is 1.34. The first kappa shape index (κ1) is 16.5. The zero-order valence-corrected chi connectivity index (χ0v) is 15.3. The molecule has 4 aromatic rings. The van der Waals surface area contributed by atoms with E-state index in [-0.39, 0.29) is 5.56 Å². The van der Waals surface area contributed by atoms with Gasteiger partial charge in [-0.15, -0.1) is 10.2 Å². The first-order valence-electron chi connectivity index (χ1n) is 8.35. The van der Waals surface area contributed by atoms with Crippen LogP contribution in [0.2, 0.25) is 0 Å². The van der Waals surface area contributed by atoms with E-state index in [2.05, 4.69) is 10.2 Å². The number of benzene rings is 2. The second kappa shape index (κ2) is 6.72. The van der Waals surface area contributed by atoms with Gasteiger partial charge in [-0.3, -0.25) is 4.79 Å². The Morgan fingerprint density at radius 2 is 1.81 bits per heavy atom. The third-order valence-corrected chi connectivity index (χ3v) is 5.01. The Balaban J connectivity index is 1.79. The number of aromatic nitrogens is 3. The Bertz CT molecular complexity index is 1160. The number of hydrogen-bond acceptors (Lipinski definition) is 5. The van der Waals surface area contributed by atoms with Gasteiger partial charge < -0.3 is 4.74 Å². The van der Waals surface area contributed by atoms with Gasteiger partial charge in [0.15, 0.2) is 5.82 Å². The van der Waals surface area contributed by atoms with Gasteiger partial charge in [0, 0.05) is 5.56 Å². The monoisotopic (exact) mass is 363 g/mol. The third-order valence-electron chi connectivity index (χ3n) is 4.05. The molecule has 0 saturated carbocycles. The highest BCUT2D eigenvalue weighted by Crippen LogP contribution is 2.18. The van der Waals surface area contributed by atoms with E-state index in [1.54, 1.807) is 4.40 Å². The van der Waals surface area contributed by atoms with Gasteiger partial charge in [0.1, 0.15) is 5.75 Å². The highest BCUT2D eigenvalue weighted by Gasteiger charge is 2.13. The first-order chi connectivity index (χ1) is 12.7. The van der Waals surface area contributed by atoms with Gasteiger partial charge in [-0.25, -0.2) is 4.40 Å². The molecule has 2 heterocycles. The predicted octanol–water partition coefficient (Wildman–Crippen LogP) is 3.07. The van der Waals surface area contributed by atoms with Crippen molar-refractivity contribution in [2.24, 2.45) is 0 Å². The second-order valence-electron chi connectivity index (χ2n) is 5.93. The predicted molar refractivity (Wildman–Crippen MR) is 104 cm³/mol. The van der Waals surface area contributed by atoms with Crippen LogP contribution >= 0.6 is 11.3 Å². The van der Waals surface area contributed by atoms with Crippen LogP contribution in [-0.4, -0.2) is 21.2 Å². The van der Waals surface area contributed by atoms with Crippen molar-refractivity contribution in [3.63, 3.8) is 0 Å². The fourth-order valence-electron chi connectivity index (χ4n) is 2.73. The summed E-state index contributed by atoms with van der Waals surface area (Å²) in [7, 11) is 0. The van der Waals surface area contributed by atoms with Gasteiger partial charge in [0.2, 0.25) is 4.96 Å². The summed E-state index contributed by atoms with van der Waals surface area (Å²) in [6.45, 7) is 4.60. The summed E-state index contributed by atoms with van der Waals surface area (Å²) in [6, 6.07) is 15.6. The van der Waals surface area contributed by atoms with Gasteiger partial charge >= 0.3 is 0 Å². The van der Waals surface area contributed by atoms with Crippen molar-refractivity contribution in [2.45, 2.75) is 13.8 Å². The Kier molecular flexibility index (Phi) is 4.26. The molecule has 0 atom stereocenters. The largest absolute Gasteiger partial charge is 0.494 e. The van der Waals surface area contributed by atoms with Gasteiger partial charge in [-0.05, 0) is 37.6 Å². The summed E-state index contributed by atoms with van der Waals surface area (Å²) in [4.78, 5) is 13.5. The number of fused-ring (bicyclic) bond motifs is 1. The molecule has 0 aliphatic rings. The maximum atomic E-state index is 12.9. The van der Waals surface area contributed by atoms with E-state index in [1.807, 2.05) is 68.5 Å². The molecule has 0 aliphatic heterocycles. The van der Waals surface area contributed by atoms with Crippen molar-refractivity contribution in [2.75, 3.05) is 6.61 Å². The van der Waals surface area contributed by atoms with Crippen molar-refractivity contribution < 1.29 is 4.74 Å². The fourth-order valence-corrected chi connectivity index (χ4v) is 3.64. The van der Waals surface area contributed by atoms with Crippen LogP contribution in [0.15, 0.2) is 53.3 Å². The number of aryl methyl sites for hydroxylation is 1.